The highest BCUT2D eigenvalue weighted by Gasteiger charge is 2.58. The first kappa shape index (κ1) is 31.7. The van der Waals surface area contributed by atoms with Gasteiger partial charge in [-0.05, 0) is 70.1 Å². The quantitative estimate of drug-likeness (QED) is 0.186. The standard InChI is InChI=1S/C31H44N4O7/c1-20(33-26(37)18-35-14-12-23(36)13-15-35)28(39)34-31(29(32)40,17-22-8-10-24(41-3)11-9-22)25(16-21-6-4-5-7-21)27(38)30(2)19-42-30/h6,8-11,20,23,25,36H,4-5,7,12-19H2,1-3H3,(H2,32,40)(H,33,37)(H,34,39)/t20-,25+,30+,31?/m0/s1. The summed E-state index contributed by atoms with van der Waals surface area (Å²) < 4.78 is 10.8. The number of Topliss-reactive ketones (excluding diaryl/α,β-unsaturated/α-hetero) is 1. The molecule has 3 amide bonds. The number of epoxide rings is 1. The molecule has 0 radical (unpaired) electrons. The number of methoxy groups -OCH3 is 1. The number of ether oxygens (including phenoxy) is 2. The summed E-state index contributed by atoms with van der Waals surface area (Å²) in [7, 11) is 1.55. The Bertz CT molecular complexity index is 1190. The van der Waals surface area contributed by atoms with Gasteiger partial charge in [0.15, 0.2) is 5.78 Å². The number of likely N-dealkylation sites (tertiary alicyclic amines) is 1. The summed E-state index contributed by atoms with van der Waals surface area (Å²) >= 11 is 0. The predicted octanol–water partition coefficient (Wildman–Crippen LogP) is 1.01. The number of primary amides is 1. The number of nitrogens with zero attached hydrogens (tertiary/aromatic N) is 1. The van der Waals surface area contributed by atoms with Gasteiger partial charge in [-0.25, -0.2) is 0 Å². The van der Waals surface area contributed by atoms with Gasteiger partial charge in [-0.2, -0.15) is 0 Å². The molecule has 4 rings (SSSR count). The Kier molecular flexibility index (Phi) is 10.1. The number of hydrogen-bond donors (Lipinski definition) is 4. The summed E-state index contributed by atoms with van der Waals surface area (Å²) in [5, 5.41) is 15.3. The third kappa shape index (κ3) is 7.56. The van der Waals surface area contributed by atoms with Crippen molar-refractivity contribution in [1.82, 2.24) is 15.5 Å². The molecule has 5 N–H and O–H groups in total. The smallest absolute Gasteiger partial charge is 0.244 e. The van der Waals surface area contributed by atoms with E-state index in [1.165, 1.54) is 6.92 Å². The second-order valence-electron chi connectivity index (χ2n) is 12.0. The number of benzene rings is 1. The van der Waals surface area contributed by atoms with E-state index >= 15 is 0 Å². The van der Waals surface area contributed by atoms with Crippen LogP contribution in [0.2, 0.25) is 0 Å². The number of piperidine rings is 1. The van der Waals surface area contributed by atoms with Crippen molar-refractivity contribution < 1.29 is 33.8 Å². The molecule has 2 saturated heterocycles. The van der Waals surface area contributed by atoms with E-state index < -0.39 is 34.9 Å². The van der Waals surface area contributed by atoms with Crippen molar-refractivity contribution in [3.63, 3.8) is 0 Å². The van der Waals surface area contributed by atoms with Gasteiger partial charge in [0.05, 0.1) is 32.3 Å². The number of nitrogens with one attached hydrogen (secondary N) is 2. The van der Waals surface area contributed by atoms with Crippen LogP contribution in [0, 0.1) is 5.92 Å². The molecule has 1 unspecified atom stereocenters. The van der Waals surface area contributed by atoms with E-state index in [9.17, 15) is 24.3 Å². The topological polar surface area (TPSA) is 164 Å². The molecular weight excluding hydrogens is 540 g/mol. The number of aliphatic hydroxyl groups excluding tert-OH is 1. The number of nitrogens with two attached hydrogens (primary N) is 1. The average Bonchev–Trinajstić information content (AvgIpc) is 3.50. The minimum absolute atomic E-state index is 0.0331. The van der Waals surface area contributed by atoms with Crippen LogP contribution in [0.4, 0.5) is 0 Å². The lowest BCUT2D eigenvalue weighted by Gasteiger charge is -2.40. The minimum atomic E-state index is -1.79. The van der Waals surface area contributed by atoms with Gasteiger partial charge in [0.2, 0.25) is 17.7 Å². The fourth-order valence-electron chi connectivity index (χ4n) is 5.90. The largest absolute Gasteiger partial charge is 0.497 e. The maximum absolute atomic E-state index is 14.0. The zero-order valence-corrected chi connectivity index (χ0v) is 24.8. The van der Waals surface area contributed by atoms with E-state index in [4.69, 9.17) is 15.2 Å². The normalized spacial score (nSPS) is 23.7. The summed E-state index contributed by atoms with van der Waals surface area (Å²) in [5.74, 6) is -2.46. The van der Waals surface area contributed by atoms with E-state index in [0.29, 0.717) is 37.2 Å². The molecule has 4 atom stereocenters. The number of allylic oxidation sites excluding steroid dienone is 2. The van der Waals surface area contributed by atoms with Gasteiger partial charge in [0.25, 0.3) is 0 Å². The highest BCUT2D eigenvalue weighted by molar-refractivity contribution is 6.02. The second kappa shape index (κ2) is 13.4. The lowest BCUT2D eigenvalue weighted by molar-refractivity contribution is -0.142. The van der Waals surface area contributed by atoms with Gasteiger partial charge in [0.1, 0.15) is 22.9 Å². The summed E-state index contributed by atoms with van der Waals surface area (Å²) in [6, 6.07) is 6.03. The van der Waals surface area contributed by atoms with Crippen LogP contribution < -0.4 is 21.1 Å². The van der Waals surface area contributed by atoms with Crippen LogP contribution in [0.15, 0.2) is 35.9 Å². The molecule has 11 heteroatoms. The van der Waals surface area contributed by atoms with Crippen molar-refractivity contribution in [2.45, 2.75) is 82.1 Å². The van der Waals surface area contributed by atoms with E-state index in [0.717, 1.165) is 24.8 Å². The van der Waals surface area contributed by atoms with E-state index in [1.807, 2.05) is 4.90 Å². The van der Waals surface area contributed by atoms with Crippen LogP contribution in [-0.2, 0) is 30.3 Å². The third-order valence-electron chi connectivity index (χ3n) is 8.73. The lowest BCUT2D eigenvalue weighted by atomic mass is 9.70. The Labute approximate surface area is 247 Å². The Morgan fingerprint density at radius 3 is 2.43 bits per heavy atom. The number of carbonyl (C=O) groups is 4. The average molecular weight is 585 g/mol. The fraction of sp³-hybridized carbons (Fsp3) is 0.613. The van der Waals surface area contributed by atoms with Crippen LogP contribution in [0.5, 0.6) is 5.75 Å². The number of amides is 3. The van der Waals surface area contributed by atoms with Crippen molar-refractivity contribution in [2.75, 3.05) is 33.4 Å². The van der Waals surface area contributed by atoms with Gasteiger partial charge in [0, 0.05) is 19.5 Å². The van der Waals surface area contributed by atoms with Gasteiger partial charge in [-0.15, -0.1) is 0 Å². The molecule has 2 aliphatic heterocycles. The Balaban J connectivity index is 1.61. The van der Waals surface area contributed by atoms with E-state index in [1.54, 1.807) is 38.3 Å². The monoisotopic (exact) mass is 584 g/mol. The van der Waals surface area contributed by atoms with Crippen LogP contribution in [0.1, 0.15) is 57.9 Å². The first-order chi connectivity index (χ1) is 20.0. The van der Waals surface area contributed by atoms with Gasteiger partial charge in [-0.1, -0.05) is 23.8 Å². The Morgan fingerprint density at radius 2 is 1.88 bits per heavy atom. The Morgan fingerprint density at radius 1 is 1.21 bits per heavy atom. The molecule has 2 heterocycles. The second-order valence-corrected chi connectivity index (χ2v) is 12.0. The molecule has 1 aromatic rings. The Hall–Kier alpha value is -3.28. The van der Waals surface area contributed by atoms with E-state index in [-0.39, 0.29) is 43.8 Å². The van der Waals surface area contributed by atoms with Gasteiger partial charge >= 0.3 is 0 Å². The van der Waals surface area contributed by atoms with E-state index in [2.05, 4.69) is 16.7 Å². The first-order valence-electron chi connectivity index (χ1n) is 14.8. The van der Waals surface area contributed by atoms with Crippen LogP contribution in [-0.4, -0.2) is 90.1 Å². The third-order valence-corrected chi connectivity index (χ3v) is 8.73. The number of aliphatic hydroxyl groups is 1. The maximum atomic E-state index is 14.0. The van der Waals surface area contributed by atoms with Crippen LogP contribution in [0.25, 0.3) is 0 Å². The first-order valence-corrected chi connectivity index (χ1v) is 14.8. The summed E-state index contributed by atoms with van der Waals surface area (Å²) in [4.78, 5) is 56.0. The summed E-state index contributed by atoms with van der Waals surface area (Å²) in [6.45, 7) is 4.71. The zero-order valence-electron chi connectivity index (χ0n) is 24.8. The molecule has 1 aromatic carbocycles. The van der Waals surface area contributed by atoms with Crippen molar-refractivity contribution in [1.29, 1.82) is 0 Å². The molecule has 0 bridgehead atoms. The van der Waals surface area contributed by atoms with Crippen molar-refractivity contribution in [3.05, 3.63) is 41.5 Å². The summed E-state index contributed by atoms with van der Waals surface area (Å²) in [6.07, 6.45) is 5.77. The minimum Gasteiger partial charge on any atom is -0.497 e. The molecule has 0 saturated carbocycles. The van der Waals surface area contributed by atoms with Gasteiger partial charge in [-0.3, -0.25) is 24.1 Å². The van der Waals surface area contributed by atoms with Crippen LogP contribution >= 0.6 is 0 Å². The number of rotatable bonds is 14. The predicted molar refractivity (Wildman–Crippen MR) is 155 cm³/mol. The lowest BCUT2D eigenvalue weighted by Crippen LogP contribution is -2.68. The fourth-order valence-corrected chi connectivity index (χ4v) is 5.90. The molecule has 0 aromatic heterocycles. The molecule has 1 aliphatic carbocycles. The molecule has 0 spiro atoms. The SMILES string of the molecule is COc1ccc(CC(NC(=O)[C@H](C)NC(=O)CN2CCC(O)CC2)(C(N)=O)[C@H](CC2=CCCC2)C(=O)[C@@]2(C)CO2)cc1. The molecule has 2 fully saturated rings. The summed E-state index contributed by atoms with van der Waals surface area (Å²) in [5.41, 5.74) is 5.01. The van der Waals surface area contributed by atoms with Crippen molar-refractivity contribution >= 4 is 23.5 Å². The molecule has 11 nitrogen and oxygen atoms in total. The number of carbonyl (C=O) groups excluding carboxylic acids is 4. The van der Waals surface area contributed by atoms with Gasteiger partial charge < -0.3 is 30.9 Å². The highest BCUT2D eigenvalue weighted by atomic mass is 16.6. The highest BCUT2D eigenvalue weighted by Crippen LogP contribution is 2.40. The molecule has 3 aliphatic rings. The zero-order chi connectivity index (χ0) is 30.5. The molecule has 230 valence electrons. The van der Waals surface area contributed by atoms with Crippen LogP contribution in [0.3, 0.4) is 0 Å². The molecular formula is C31H44N4O7. The van der Waals surface area contributed by atoms with Crippen molar-refractivity contribution in [2.24, 2.45) is 11.7 Å². The molecule has 42 heavy (non-hydrogen) atoms. The number of hydrogen-bond acceptors (Lipinski definition) is 8. The maximum Gasteiger partial charge on any atom is 0.244 e. The van der Waals surface area contributed by atoms with Crippen molar-refractivity contribution in [3.8, 4) is 5.75 Å². The number of ketones is 1.